The van der Waals surface area contributed by atoms with Gasteiger partial charge in [-0.3, -0.25) is 14.5 Å². The first-order valence-electron chi connectivity index (χ1n) is 14.4. The number of fused-ring (bicyclic) bond motifs is 1. The van der Waals surface area contributed by atoms with Crippen molar-refractivity contribution in [1.82, 2.24) is 19.6 Å². The Labute approximate surface area is 262 Å². The number of nitrogens with two attached hydrogens (primary N) is 1. The molecule has 14 nitrogen and oxygen atoms in total. The molecule has 0 bridgehead atoms. The first kappa shape index (κ1) is 32.9. The highest BCUT2D eigenvalue weighted by Crippen LogP contribution is 2.40. The van der Waals surface area contributed by atoms with Gasteiger partial charge >= 0.3 is 11.9 Å². The number of aromatic nitrogens is 3. The number of ether oxygens (including phenoxy) is 1. The summed E-state index contributed by atoms with van der Waals surface area (Å²) in [6, 6.07) is 2.26. The molecular weight excluding hydrogens is 610 g/mol. The molecule has 2 aromatic rings. The van der Waals surface area contributed by atoms with Gasteiger partial charge in [0.15, 0.2) is 24.1 Å². The van der Waals surface area contributed by atoms with E-state index in [1.165, 1.54) is 35.9 Å². The lowest BCUT2D eigenvalue weighted by Crippen LogP contribution is -2.71. The van der Waals surface area contributed by atoms with Gasteiger partial charge in [-0.15, -0.1) is 11.8 Å². The quantitative estimate of drug-likeness (QED) is 0.0605. The summed E-state index contributed by atoms with van der Waals surface area (Å²) < 4.78 is 11.1. The summed E-state index contributed by atoms with van der Waals surface area (Å²) in [7, 11) is 0. The van der Waals surface area contributed by atoms with Crippen LogP contribution < -0.4 is 15.6 Å². The lowest BCUT2D eigenvalue weighted by atomic mass is 10.0. The first-order valence-corrected chi connectivity index (χ1v) is 16.2. The molecule has 16 heteroatoms. The maximum absolute atomic E-state index is 13.1. The molecule has 2 aliphatic rings. The topological polar surface area (TPSA) is 190 Å². The monoisotopic (exact) mass is 646 g/mol. The number of esters is 1. The predicted molar refractivity (Wildman–Crippen MR) is 162 cm³/mol. The van der Waals surface area contributed by atoms with Crippen LogP contribution in [0.2, 0.25) is 0 Å². The number of nitrogens with zero attached hydrogens (tertiary/aromatic N) is 5. The Morgan fingerprint density at radius 2 is 1.91 bits per heavy atom. The molecule has 0 aliphatic carbocycles. The van der Waals surface area contributed by atoms with Crippen LogP contribution in [0.5, 0.6) is 0 Å². The number of aliphatic carboxylic acids is 1. The number of amides is 2. The van der Waals surface area contributed by atoms with Crippen LogP contribution in [0.15, 0.2) is 41.0 Å². The molecular formula is C28H36N7O7S2+. The lowest BCUT2D eigenvalue weighted by Gasteiger charge is -2.49. The van der Waals surface area contributed by atoms with E-state index in [0.717, 1.165) is 30.8 Å². The van der Waals surface area contributed by atoms with Gasteiger partial charge in [0.2, 0.25) is 11.5 Å². The van der Waals surface area contributed by atoms with Crippen LogP contribution in [-0.2, 0) is 30.5 Å². The maximum atomic E-state index is 13.1. The second-order valence-electron chi connectivity index (χ2n) is 10.1. The molecule has 4 rings (SSSR count). The lowest BCUT2D eigenvalue weighted by molar-refractivity contribution is -0.689. The van der Waals surface area contributed by atoms with Gasteiger partial charge in [-0.25, -0.2) is 14.2 Å². The van der Waals surface area contributed by atoms with Gasteiger partial charge in [-0.2, -0.15) is 9.36 Å². The molecule has 1 fully saturated rings. The number of nitrogen functional groups attached to an aromatic ring is 1. The summed E-state index contributed by atoms with van der Waals surface area (Å²) in [6.07, 6.45) is 9.92. The van der Waals surface area contributed by atoms with Crippen LogP contribution >= 0.6 is 23.3 Å². The maximum Gasteiger partial charge on any atom is 0.352 e. The summed E-state index contributed by atoms with van der Waals surface area (Å²) in [6.45, 7) is 4.60. The van der Waals surface area contributed by atoms with E-state index in [4.69, 9.17) is 15.3 Å². The molecule has 2 aliphatic heterocycles. The van der Waals surface area contributed by atoms with Gasteiger partial charge in [-0.1, -0.05) is 44.2 Å². The number of carboxylic acids is 1. The van der Waals surface area contributed by atoms with Crippen LogP contribution in [0, 0.1) is 0 Å². The second kappa shape index (κ2) is 15.6. The molecule has 44 heavy (non-hydrogen) atoms. The van der Waals surface area contributed by atoms with Crippen molar-refractivity contribution in [2.24, 2.45) is 5.16 Å². The van der Waals surface area contributed by atoms with Crippen molar-refractivity contribution in [1.29, 1.82) is 0 Å². The Kier molecular flexibility index (Phi) is 11.7. The van der Waals surface area contributed by atoms with E-state index in [-0.39, 0.29) is 35.5 Å². The third kappa shape index (κ3) is 7.91. The van der Waals surface area contributed by atoms with Crippen molar-refractivity contribution in [2.45, 2.75) is 70.3 Å². The number of pyridine rings is 1. The van der Waals surface area contributed by atoms with E-state index < -0.39 is 35.2 Å². The highest BCUT2D eigenvalue weighted by molar-refractivity contribution is 8.00. The normalized spacial score (nSPS) is 18.0. The Morgan fingerprint density at radius 1 is 1.18 bits per heavy atom. The van der Waals surface area contributed by atoms with E-state index in [1.54, 1.807) is 36.0 Å². The van der Waals surface area contributed by atoms with E-state index in [1.807, 2.05) is 0 Å². The van der Waals surface area contributed by atoms with Crippen molar-refractivity contribution in [3.63, 3.8) is 0 Å². The smallest absolute Gasteiger partial charge is 0.352 e. The van der Waals surface area contributed by atoms with Gasteiger partial charge in [0.1, 0.15) is 23.7 Å². The van der Waals surface area contributed by atoms with Crippen LogP contribution in [0.4, 0.5) is 5.13 Å². The highest BCUT2D eigenvalue weighted by atomic mass is 32.2. The number of thioether (sulfide) groups is 1. The van der Waals surface area contributed by atoms with E-state index >= 15 is 0 Å². The number of oxime groups is 1. The average Bonchev–Trinajstić information content (AvgIpc) is 3.45. The second-order valence-corrected chi connectivity index (χ2v) is 12.0. The minimum absolute atomic E-state index is 0.0408. The Hall–Kier alpha value is -4.05. The molecule has 1 saturated heterocycles. The zero-order chi connectivity index (χ0) is 31.6. The summed E-state index contributed by atoms with van der Waals surface area (Å²) in [5.74, 6) is -2.71. The number of carbonyl (C=O) groups is 4. The van der Waals surface area contributed by atoms with Gasteiger partial charge in [0, 0.05) is 35.0 Å². The number of hydrogen-bond acceptors (Lipinski definition) is 12. The van der Waals surface area contributed by atoms with Crippen molar-refractivity contribution in [3.05, 3.63) is 47.2 Å². The fraction of sp³-hybridized carbons (Fsp3) is 0.500. The summed E-state index contributed by atoms with van der Waals surface area (Å²) >= 11 is 2.21. The number of unbranched alkanes of at least 4 members (excludes halogenated alkanes) is 5. The number of carboxylic acid groups (broad SMARTS) is 1. The molecule has 1 unspecified atom stereocenters. The predicted octanol–water partition coefficient (Wildman–Crippen LogP) is 2.10. The Balaban J connectivity index is 1.37. The molecule has 0 aromatic carbocycles. The van der Waals surface area contributed by atoms with E-state index in [0.29, 0.717) is 23.5 Å². The largest absolute Gasteiger partial charge is 0.477 e. The molecule has 4 heterocycles. The molecule has 0 radical (unpaired) electrons. The average molecular weight is 647 g/mol. The fourth-order valence-electron chi connectivity index (χ4n) is 4.71. The van der Waals surface area contributed by atoms with Crippen molar-refractivity contribution in [2.75, 3.05) is 24.7 Å². The van der Waals surface area contributed by atoms with E-state index in [2.05, 4.69) is 26.8 Å². The minimum atomic E-state index is -1.25. The van der Waals surface area contributed by atoms with Crippen LogP contribution in [0.3, 0.4) is 0 Å². The number of hydrogen-bond donors (Lipinski definition) is 3. The minimum Gasteiger partial charge on any atom is -0.477 e. The SMILES string of the molecule is CCCCCCCCOC(=O)c1cc[n+](CC2=C(C(=O)O)N3C(=O)C(NC(=O)C(=NOCC)c4nsc(N)n4)[C@@H]3SC2)cc1. The van der Waals surface area contributed by atoms with Crippen LogP contribution in [0.1, 0.15) is 68.6 Å². The van der Waals surface area contributed by atoms with E-state index in [9.17, 15) is 24.3 Å². The first-order chi connectivity index (χ1) is 21.2. The molecule has 4 N–H and O–H groups in total. The van der Waals surface area contributed by atoms with Crippen molar-refractivity contribution >= 4 is 57.9 Å². The van der Waals surface area contributed by atoms with Crippen LogP contribution in [0.25, 0.3) is 0 Å². The molecule has 0 saturated carbocycles. The van der Waals surface area contributed by atoms with Gasteiger partial charge in [0.05, 0.1) is 12.2 Å². The number of rotatable bonds is 16. The van der Waals surface area contributed by atoms with Gasteiger partial charge in [0.25, 0.3) is 11.8 Å². The standard InChI is InChI=1S/C28H35N7O7S2/c1-3-5-6-7-8-9-14-41-27(40)17-10-12-34(13-11-17)15-18-16-43-25-20(24(37)35(25)21(18)26(38)39)30-23(36)19(32-42-4-2)22-31-28(29)44-33-22/h10-13,20,25H,3-9,14-16H2,1-2H3,(H3-,29,30,31,33,36,38,39)/p+1/t20?,25-/m0/s1. The number of nitrogens with one attached hydrogen (secondary N) is 1. The Bertz CT molecular complexity index is 1430. The highest BCUT2D eigenvalue weighted by Gasteiger charge is 2.55. The van der Waals surface area contributed by atoms with Gasteiger partial charge in [-0.05, 0) is 13.3 Å². The molecule has 2 aromatic heterocycles. The van der Waals surface area contributed by atoms with Crippen molar-refractivity contribution < 1.29 is 38.4 Å². The number of β-lactam (4-membered cyclic amide) rings is 1. The third-order valence-electron chi connectivity index (χ3n) is 6.92. The zero-order valence-corrected chi connectivity index (χ0v) is 26.2. The molecule has 2 amide bonds. The summed E-state index contributed by atoms with van der Waals surface area (Å²) in [5, 5.41) is 15.9. The molecule has 2 atom stereocenters. The summed E-state index contributed by atoms with van der Waals surface area (Å²) in [4.78, 5) is 61.0. The third-order valence-corrected chi connectivity index (χ3v) is 8.80. The molecule has 0 spiro atoms. The number of carbonyl (C=O) groups excluding carboxylic acids is 3. The molecule has 236 valence electrons. The van der Waals surface area contributed by atoms with Crippen molar-refractivity contribution in [3.8, 4) is 0 Å². The Morgan fingerprint density at radius 3 is 2.57 bits per heavy atom. The zero-order valence-electron chi connectivity index (χ0n) is 24.6. The summed E-state index contributed by atoms with van der Waals surface area (Å²) in [5.41, 5.74) is 6.18. The fourth-order valence-corrected chi connectivity index (χ4v) is 6.48. The van der Waals surface area contributed by atoms with Crippen LogP contribution in [-0.4, -0.2) is 79.2 Å². The number of anilines is 1. The van der Waals surface area contributed by atoms with Gasteiger partial charge < -0.3 is 25.7 Å².